The van der Waals surface area contributed by atoms with Crippen LogP contribution < -0.4 is 14.2 Å². The molecule has 0 radical (unpaired) electrons. The van der Waals surface area contributed by atoms with Gasteiger partial charge >= 0.3 is 0 Å². The molecule has 0 aliphatic rings. The van der Waals surface area contributed by atoms with E-state index >= 15 is 0 Å². The van der Waals surface area contributed by atoms with Gasteiger partial charge in [0.1, 0.15) is 17.2 Å². The maximum Gasteiger partial charge on any atom is 0.123 e. The van der Waals surface area contributed by atoms with E-state index in [4.69, 9.17) is 14.2 Å². The lowest BCUT2D eigenvalue weighted by Gasteiger charge is -2.26. The first-order valence-electron chi connectivity index (χ1n) is 9.85. The Bertz CT molecular complexity index is 961. The van der Waals surface area contributed by atoms with Gasteiger partial charge in [-0.05, 0) is 79.3 Å². The Balaban J connectivity index is 2.33. The van der Waals surface area contributed by atoms with Gasteiger partial charge < -0.3 is 14.2 Å². The molecule has 0 unspecified atom stereocenters. The second-order valence-electron chi connectivity index (χ2n) is 7.39. The summed E-state index contributed by atoms with van der Waals surface area (Å²) in [5.41, 5.74) is 8.43. The van der Waals surface area contributed by atoms with Crippen molar-refractivity contribution >= 4 is 0 Å². The molecule has 3 aromatic carbocycles. The summed E-state index contributed by atoms with van der Waals surface area (Å²) in [4.78, 5) is 0. The Kier molecular flexibility index (Phi) is 6.17. The van der Waals surface area contributed by atoms with Crippen LogP contribution in [0.4, 0.5) is 0 Å². The molecular formula is C26H30O3. The highest BCUT2D eigenvalue weighted by Gasteiger charge is 2.25. The fraction of sp³-hybridized carbons (Fsp3) is 0.308. The highest BCUT2D eigenvalue weighted by atomic mass is 16.5. The minimum Gasteiger partial charge on any atom is -0.496 e. The quantitative estimate of drug-likeness (QED) is 0.474. The van der Waals surface area contributed by atoms with E-state index < -0.39 is 0 Å². The molecular weight excluding hydrogens is 360 g/mol. The van der Waals surface area contributed by atoms with E-state index in [0.717, 1.165) is 33.9 Å². The largest absolute Gasteiger partial charge is 0.496 e. The first-order valence-corrected chi connectivity index (χ1v) is 9.85. The zero-order valence-corrected chi connectivity index (χ0v) is 18.4. The average Bonchev–Trinajstić information content (AvgIpc) is 2.74. The van der Waals surface area contributed by atoms with Crippen molar-refractivity contribution in [1.82, 2.24) is 0 Å². The van der Waals surface area contributed by atoms with Crippen LogP contribution in [0.1, 0.15) is 44.9 Å². The number of para-hydroxylation sites is 1. The zero-order chi connectivity index (χ0) is 21.1. The summed E-state index contributed by atoms with van der Waals surface area (Å²) < 4.78 is 16.8. The third-order valence-electron chi connectivity index (χ3n) is 6.07. The first-order chi connectivity index (χ1) is 13.9. The zero-order valence-electron chi connectivity index (χ0n) is 18.4. The molecule has 0 spiro atoms. The molecule has 0 amide bonds. The SMILES string of the molecule is COc1ccccc1C(c1ccc(OC)c(C)c1C)c1ccc(OC)c(C)c1C. The van der Waals surface area contributed by atoms with Gasteiger partial charge in [-0.25, -0.2) is 0 Å². The lowest BCUT2D eigenvalue weighted by Crippen LogP contribution is -2.11. The number of methoxy groups -OCH3 is 3. The molecule has 0 atom stereocenters. The Hall–Kier alpha value is -2.94. The van der Waals surface area contributed by atoms with Crippen molar-refractivity contribution in [1.29, 1.82) is 0 Å². The fourth-order valence-electron chi connectivity index (χ4n) is 4.11. The van der Waals surface area contributed by atoms with Gasteiger partial charge in [-0.3, -0.25) is 0 Å². The summed E-state index contributed by atoms with van der Waals surface area (Å²) in [5, 5.41) is 0. The summed E-state index contributed by atoms with van der Waals surface area (Å²) in [6.07, 6.45) is 0. The van der Waals surface area contributed by atoms with Gasteiger partial charge in [0.05, 0.1) is 21.3 Å². The summed E-state index contributed by atoms with van der Waals surface area (Å²) >= 11 is 0. The Morgan fingerprint density at radius 1 is 0.483 bits per heavy atom. The smallest absolute Gasteiger partial charge is 0.123 e. The van der Waals surface area contributed by atoms with Gasteiger partial charge in [0, 0.05) is 11.5 Å². The van der Waals surface area contributed by atoms with Crippen LogP contribution in [0.3, 0.4) is 0 Å². The molecule has 3 nitrogen and oxygen atoms in total. The molecule has 0 heterocycles. The highest BCUT2D eigenvalue weighted by Crippen LogP contribution is 2.43. The normalized spacial score (nSPS) is 10.9. The van der Waals surface area contributed by atoms with Gasteiger partial charge in [-0.2, -0.15) is 0 Å². The van der Waals surface area contributed by atoms with E-state index in [9.17, 15) is 0 Å². The molecule has 0 bridgehead atoms. The molecule has 0 saturated heterocycles. The van der Waals surface area contributed by atoms with Crippen molar-refractivity contribution in [3.05, 3.63) is 87.5 Å². The molecule has 0 aliphatic heterocycles. The maximum absolute atomic E-state index is 5.75. The van der Waals surface area contributed by atoms with Crippen molar-refractivity contribution < 1.29 is 14.2 Å². The van der Waals surface area contributed by atoms with E-state index in [-0.39, 0.29) is 5.92 Å². The molecule has 3 rings (SSSR count). The molecule has 3 aromatic rings. The summed E-state index contributed by atoms with van der Waals surface area (Å²) in [7, 11) is 5.17. The van der Waals surface area contributed by atoms with Crippen LogP contribution in [0.2, 0.25) is 0 Å². The van der Waals surface area contributed by atoms with Gasteiger partial charge in [0.15, 0.2) is 0 Å². The third kappa shape index (κ3) is 3.69. The van der Waals surface area contributed by atoms with Gasteiger partial charge in [-0.15, -0.1) is 0 Å². The average molecular weight is 391 g/mol. The molecule has 3 heteroatoms. The Morgan fingerprint density at radius 3 is 1.38 bits per heavy atom. The van der Waals surface area contributed by atoms with E-state index in [1.165, 1.54) is 22.3 Å². The van der Waals surface area contributed by atoms with Gasteiger partial charge in [0.25, 0.3) is 0 Å². The summed E-state index contributed by atoms with van der Waals surface area (Å²) in [6, 6.07) is 16.7. The number of hydrogen-bond donors (Lipinski definition) is 0. The molecule has 0 N–H and O–H groups in total. The number of ether oxygens (including phenoxy) is 3. The first kappa shape index (κ1) is 20.8. The van der Waals surface area contributed by atoms with Crippen molar-refractivity contribution in [2.24, 2.45) is 0 Å². The van der Waals surface area contributed by atoms with E-state index in [2.05, 4.69) is 64.1 Å². The molecule has 29 heavy (non-hydrogen) atoms. The van der Waals surface area contributed by atoms with Crippen LogP contribution in [-0.2, 0) is 0 Å². The van der Waals surface area contributed by atoms with Gasteiger partial charge in [0.2, 0.25) is 0 Å². The predicted octanol–water partition coefficient (Wildman–Crippen LogP) is 6.13. The standard InChI is InChI=1S/C26H30O3/c1-16-18(3)23(27-5)14-12-20(16)26(22-10-8-9-11-25(22)29-7)21-13-15-24(28-6)19(4)17(21)2/h8-15,26H,1-7H3. The molecule has 152 valence electrons. The summed E-state index contributed by atoms with van der Waals surface area (Å²) in [6.45, 7) is 8.56. The van der Waals surface area contributed by atoms with Crippen LogP contribution in [0.15, 0.2) is 48.5 Å². The van der Waals surface area contributed by atoms with Crippen molar-refractivity contribution in [2.75, 3.05) is 21.3 Å². The monoisotopic (exact) mass is 390 g/mol. The molecule has 0 saturated carbocycles. The van der Waals surface area contributed by atoms with Crippen LogP contribution in [-0.4, -0.2) is 21.3 Å². The van der Waals surface area contributed by atoms with Crippen molar-refractivity contribution in [2.45, 2.75) is 33.6 Å². The second kappa shape index (κ2) is 8.60. The lowest BCUT2D eigenvalue weighted by atomic mass is 9.79. The minimum atomic E-state index is 0.0420. The maximum atomic E-state index is 5.75. The second-order valence-corrected chi connectivity index (χ2v) is 7.39. The topological polar surface area (TPSA) is 27.7 Å². The molecule has 0 aromatic heterocycles. The fourth-order valence-corrected chi connectivity index (χ4v) is 4.11. The third-order valence-corrected chi connectivity index (χ3v) is 6.07. The lowest BCUT2D eigenvalue weighted by molar-refractivity contribution is 0.407. The van der Waals surface area contributed by atoms with Crippen molar-refractivity contribution in [3.8, 4) is 17.2 Å². The van der Waals surface area contributed by atoms with E-state index in [1.807, 2.05) is 12.1 Å². The minimum absolute atomic E-state index is 0.0420. The van der Waals surface area contributed by atoms with Crippen LogP contribution >= 0.6 is 0 Å². The molecule has 0 fully saturated rings. The predicted molar refractivity (Wildman–Crippen MR) is 119 cm³/mol. The highest BCUT2D eigenvalue weighted by molar-refractivity contribution is 5.58. The molecule has 0 aliphatic carbocycles. The van der Waals surface area contributed by atoms with Crippen LogP contribution in [0.5, 0.6) is 17.2 Å². The Labute approximate surface area is 174 Å². The number of hydrogen-bond acceptors (Lipinski definition) is 3. The number of benzene rings is 3. The van der Waals surface area contributed by atoms with Crippen LogP contribution in [0, 0.1) is 27.7 Å². The van der Waals surface area contributed by atoms with E-state index in [0.29, 0.717) is 0 Å². The summed E-state index contributed by atoms with van der Waals surface area (Å²) in [5.74, 6) is 2.75. The van der Waals surface area contributed by atoms with Crippen molar-refractivity contribution in [3.63, 3.8) is 0 Å². The Morgan fingerprint density at radius 2 is 0.931 bits per heavy atom. The van der Waals surface area contributed by atoms with E-state index in [1.54, 1.807) is 21.3 Å². The van der Waals surface area contributed by atoms with Crippen LogP contribution in [0.25, 0.3) is 0 Å². The number of rotatable bonds is 6. The van der Waals surface area contributed by atoms with Gasteiger partial charge in [-0.1, -0.05) is 30.3 Å².